The van der Waals surface area contributed by atoms with Crippen LogP contribution in [0.3, 0.4) is 0 Å². The Labute approximate surface area is 140 Å². The molecule has 0 heterocycles. The van der Waals surface area contributed by atoms with Gasteiger partial charge in [-0.05, 0) is 59.3 Å². The first-order valence-corrected chi connectivity index (χ1v) is 12.6. The lowest BCUT2D eigenvalue weighted by atomic mass is 10.1. The van der Waals surface area contributed by atoms with Gasteiger partial charge in [0.2, 0.25) is 8.32 Å². The Morgan fingerprint density at radius 1 is 0.864 bits per heavy atom. The molecule has 0 saturated heterocycles. The van der Waals surface area contributed by atoms with Crippen molar-refractivity contribution in [1.82, 2.24) is 0 Å². The average Bonchev–Trinajstić information content (AvgIpc) is 2.32. The van der Waals surface area contributed by atoms with Crippen LogP contribution >= 0.6 is 0 Å². The predicted octanol–water partition coefficient (Wildman–Crippen LogP) is 7.03. The zero-order valence-electron chi connectivity index (χ0n) is 16.3. The summed E-state index contributed by atoms with van der Waals surface area (Å²) in [5.41, 5.74) is -0.190. The fourth-order valence-electron chi connectivity index (χ4n) is 2.21. The van der Waals surface area contributed by atoms with Crippen molar-refractivity contribution in [3.8, 4) is 0 Å². The zero-order chi connectivity index (χ0) is 17.1. The van der Waals surface area contributed by atoms with Crippen molar-refractivity contribution in [2.75, 3.05) is 0 Å². The van der Waals surface area contributed by atoms with Crippen LogP contribution in [0.25, 0.3) is 0 Å². The maximum atomic E-state index is 6.06. The van der Waals surface area contributed by atoms with Gasteiger partial charge in [-0.15, -0.1) is 0 Å². The fraction of sp³-hybridized carbons (Fsp3) is 0.895. The van der Waals surface area contributed by atoms with E-state index in [1.807, 2.05) is 0 Å². The van der Waals surface area contributed by atoms with E-state index in [0.29, 0.717) is 0 Å². The van der Waals surface area contributed by atoms with E-state index in [-0.39, 0.29) is 5.60 Å². The summed E-state index contributed by atoms with van der Waals surface area (Å²) in [5, 5.41) is 0. The Bertz CT molecular complexity index is 280. The van der Waals surface area contributed by atoms with Crippen LogP contribution in [0.15, 0.2) is 12.0 Å². The molecule has 0 aliphatic heterocycles. The molecule has 3 heteroatoms. The van der Waals surface area contributed by atoms with Gasteiger partial charge in [0.1, 0.15) is 5.60 Å². The lowest BCUT2D eigenvalue weighted by molar-refractivity contribution is -0.00908. The topological polar surface area (TPSA) is 18.5 Å². The minimum atomic E-state index is -1.61. The maximum absolute atomic E-state index is 6.06. The van der Waals surface area contributed by atoms with Crippen molar-refractivity contribution in [3.05, 3.63) is 12.0 Å². The molecule has 0 aromatic rings. The second kappa shape index (κ2) is 11.1. The van der Waals surface area contributed by atoms with Crippen molar-refractivity contribution < 1.29 is 9.16 Å². The highest BCUT2D eigenvalue weighted by Crippen LogP contribution is 2.20. The number of ether oxygens (including phenoxy) is 1. The van der Waals surface area contributed by atoms with E-state index in [1.54, 1.807) is 0 Å². The first-order valence-electron chi connectivity index (χ1n) is 9.22. The van der Waals surface area contributed by atoms with E-state index in [9.17, 15) is 0 Å². The summed E-state index contributed by atoms with van der Waals surface area (Å²) < 4.78 is 12.0. The predicted molar refractivity (Wildman–Crippen MR) is 101 cm³/mol. The molecule has 0 fully saturated rings. The summed E-state index contributed by atoms with van der Waals surface area (Å²) in [7, 11) is -1.61. The molecule has 0 aromatic heterocycles. The van der Waals surface area contributed by atoms with Crippen molar-refractivity contribution >= 4 is 8.32 Å². The molecule has 22 heavy (non-hydrogen) atoms. The van der Waals surface area contributed by atoms with Gasteiger partial charge in [-0.25, -0.2) is 0 Å². The van der Waals surface area contributed by atoms with Gasteiger partial charge in [0, 0.05) is 0 Å². The minimum Gasteiger partial charge on any atom is -0.520 e. The third kappa shape index (κ3) is 15.9. The number of allylic oxidation sites excluding steroid dienone is 1. The second-order valence-corrected chi connectivity index (χ2v) is 12.6. The second-order valence-electron chi connectivity index (χ2n) is 8.22. The monoisotopic (exact) mass is 328 g/mol. The van der Waals surface area contributed by atoms with E-state index in [1.165, 1.54) is 51.4 Å². The molecule has 0 N–H and O–H groups in total. The molecule has 0 bridgehead atoms. The van der Waals surface area contributed by atoms with Gasteiger partial charge < -0.3 is 9.16 Å². The van der Waals surface area contributed by atoms with Gasteiger partial charge in [-0.1, -0.05) is 51.9 Å². The molecule has 132 valence electrons. The third-order valence-corrected chi connectivity index (χ3v) is 4.00. The lowest BCUT2D eigenvalue weighted by Crippen LogP contribution is -2.29. The standard InChI is InChI=1S/C19H40O2Si/c1-8-9-10-11-12-13-14-15-16-17-18(20-19(2,3)4)21-22(5,6)7/h17H,8-16H2,1-7H3. The van der Waals surface area contributed by atoms with Gasteiger partial charge in [-0.3, -0.25) is 0 Å². The molecule has 0 aliphatic carbocycles. The lowest BCUT2D eigenvalue weighted by Gasteiger charge is -2.28. The molecule has 0 unspecified atom stereocenters. The minimum absolute atomic E-state index is 0.190. The van der Waals surface area contributed by atoms with Crippen LogP contribution in [0.4, 0.5) is 0 Å². The highest BCUT2D eigenvalue weighted by molar-refractivity contribution is 6.69. The van der Waals surface area contributed by atoms with Gasteiger partial charge >= 0.3 is 0 Å². The quantitative estimate of drug-likeness (QED) is 0.217. The first kappa shape index (κ1) is 21.6. The molecule has 0 radical (unpaired) electrons. The summed E-state index contributed by atoms with van der Waals surface area (Å²) in [6.07, 6.45) is 14.1. The largest absolute Gasteiger partial charge is 0.520 e. The molecule has 0 atom stereocenters. The van der Waals surface area contributed by atoms with E-state index >= 15 is 0 Å². The summed E-state index contributed by atoms with van der Waals surface area (Å²) in [4.78, 5) is 0. The number of hydrogen-bond acceptors (Lipinski definition) is 2. The smallest absolute Gasteiger partial charge is 0.261 e. The normalized spacial score (nSPS) is 13.3. The Balaban J connectivity index is 3.99. The molecule has 0 aromatic carbocycles. The van der Waals surface area contributed by atoms with Crippen molar-refractivity contribution in [2.45, 2.75) is 111 Å². The SMILES string of the molecule is CCCCCCCCCCC=C(OC(C)(C)C)O[Si](C)(C)C. The van der Waals surface area contributed by atoms with Crippen LogP contribution in [0.5, 0.6) is 0 Å². The summed E-state index contributed by atoms with van der Waals surface area (Å²) in [6.45, 7) is 15.1. The maximum Gasteiger partial charge on any atom is 0.261 e. The number of unbranched alkanes of at least 4 members (excludes halogenated alkanes) is 8. The first-order chi connectivity index (χ1) is 10.1. The summed E-state index contributed by atoms with van der Waals surface area (Å²) >= 11 is 0. The van der Waals surface area contributed by atoms with Crippen LogP contribution in [-0.2, 0) is 9.16 Å². The molecule has 0 saturated carbocycles. The molecule has 0 rings (SSSR count). The van der Waals surface area contributed by atoms with Crippen molar-refractivity contribution in [2.24, 2.45) is 0 Å². The Hall–Kier alpha value is -0.443. The molecule has 2 nitrogen and oxygen atoms in total. The zero-order valence-corrected chi connectivity index (χ0v) is 17.3. The summed E-state index contributed by atoms with van der Waals surface area (Å²) in [6, 6.07) is 0. The molecular weight excluding hydrogens is 288 g/mol. The van der Waals surface area contributed by atoms with E-state index in [2.05, 4.69) is 53.4 Å². The highest BCUT2D eigenvalue weighted by atomic mass is 28.4. The summed E-state index contributed by atoms with van der Waals surface area (Å²) in [5.74, 6) is 0.745. The average molecular weight is 329 g/mol. The fourth-order valence-corrected chi connectivity index (χ4v) is 2.93. The van der Waals surface area contributed by atoms with Crippen LogP contribution in [0.1, 0.15) is 85.5 Å². The number of hydrogen-bond donors (Lipinski definition) is 0. The van der Waals surface area contributed by atoms with E-state index in [0.717, 1.165) is 12.4 Å². The Morgan fingerprint density at radius 2 is 1.36 bits per heavy atom. The van der Waals surface area contributed by atoms with Crippen LogP contribution in [0.2, 0.25) is 19.6 Å². The molecule has 0 aliphatic rings. The van der Waals surface area contributed by atoms with Crippen molar-refractivity contribution in [3.63, 3.8) is 0 Å². The van der Waals surface area contributed by atoms with Gasteiger partial charge in [0.25, 0.3) is 5.95 Å². The molecule has 0 spiro atoms. The van der Waals surface area contributed by atoms with E-state index in [4.69, 9.17) is 9.16 Å². The third-order valence-electron chi connectivity index (χ3n) is 3.18. The van der Waals surface area contributed by atoms with Gasteiger partial charge in [-0.2, -0.15) is 0 Å². The van der Waals surface area contributed by atoms with E-state index < -0.39 is 8.32 Å². The van der Waals surface area contributed by atoms with Crippen LogP contribution in [0, 0.1) is 0 Å². The highest BCUT2D eigenvalue weighted by Gasteiger charge is 2.22. The van der Waals surface area contributed by atoms with Crippen molar-refractivity contribution in [1.29, 1.82) is 0 Å². The van der Waals surface area contributed by atoms with Gasteiger partial charge in [0.15, 0.2) is 0 Å². The van der Waals surface area contributed by atoms with Crippen LogP contribution in [-0.4, -0.2) is 13.9 Å². The number of rotatable bonds is 12. The Kier molecular flexibility index (Phi) is 10.9. The molecular formula is C19H40O2Si. The van der Waals surface area contributed by atoms with Gasteiger partial charge in [0.05, 0.1) is 0 Å². The Morgan fingerprint density at radius 3 is 1.82 bits per heavy atom. The molecule has 0 amide bonds. The van der Waals surface area contributed by atoms with Crippen LogP contribution < -0.4 is 0 Å².